The molecule has 0 unspecified atom stereocenters. The van der Waals surface area contributed by atoms with Crippen LogP contribution in [0.3, 0.4) is 0 Å². The van der Waals surface area contributed by atoms with E-state index in [0.717, 1.165) is 11.5 Å². The van der Waals surface area contributed by atoms with E-state index in [4.69, 9.17) is 4.42 Å². The Hall–Kier alpha value is -1.20. The second kappa shape index (κ2) is 6.99. The lowest BCUT2D eigenvalue weighted by Gasteiger charge is -2.16. The Kier molecular flexibility index (Phi) is 5.31. The molecule has 0 spiro atoms. The van der Waals surface area contributed by atoms with Crippen LogP contribution in [0, 0.1) is 0 Å². The largest absolute Gasteiger partial charge is 0.452 e. The van der Waals surface area contributed by atoms with E-state index in [1.165, 1.54) is 5.56 Å². The molecule has 0 fully saturated rings. The molecule has 0 saturated heterocycles. The van der Waals surface area contributed by atoms with E-state index < -0.39 is 0 Å². The smallest absolute Gasteiger partial charge is 0.254 e. The zero-order valence-electron chi connectivity index (χ0n) is 11.4. The van der Waals surface area contributed by atoms with Crippen molar-refractivity contribution in [3.05, 3.63) is 58.0 Å². The summed E-state index contributed by atoms with van der Waals surface area (Å²) in [4.78, 5) is 13.9. The van der Waals surface area contributed by atoms with Crippen LogP contribution in [-0.2, 0) is 12.3 Å². The summed E-state index contributed by atoms with van der Waals surface area (Å²) in [6.45, 7) is 0.455. The third kappa shape index (κ3) is 3.90. The first-order valence-electron chi connectivity index (χ1n) is 6.17. The summed E-state index contributed by atoms with van der Waals surface area (Å²) in [5, 5.41) is 0. The molecule has 0 N–H and O–H groups in total. The number of thioether (sulfide) groups is 1. The van der Waals surface area contributed by atoms with Gasteiger partial charge in [-0.1, -0.05) is 12.1 Å². The molecule has 106 valence electrons. The number of rotatable bonds is 5. The number of carbonyl (C=O) groups is 1. The van der Waals surface area contributed by atoms with Crippen LogP contribution in [0.15, 0.2) is 45.5 Å². The molecule has 0 saturated carbocycles. The number of furan rings is 1. The fourth-order valence-electron chi connectivity index (χ4n) is 1.87. The van der Waals surface area contributed by atoms with Crippen LogP contribution in [0.5, 0.6) is 0 Å². The summed E-state index contributed by atoms with van der Waals surface area (Å²) >= 11 is 5.02. The topological polar surface area (TPSA) is 33.5 Å². The lowest BCUT2D eigenvalue weighted by Crippen LogP contribution is -2.25. The van der Waals surface area contributed by atoms with Gasteiger partial charge in [-0.3, -0.25) is 4.79 Å². The predicted molar refractivity (Wildman–Crippen MR) is 85.9 cm³/mol. The van der Waals surface area contributed by atoms with E-state index in [-0.39, 0.29) is 5.91 Å². The summed E-state index contributed by atoms with van der Waals surface area (Å²) in [5.41, 5.74) is 1.93. The molecule has 0 aliphatic carbocycles. The second-order valence-corrected chi connectivity index (χ2v) is 6.14. The van der Waals surface area contributed by atoms with Gasteiger partial charge in [0.1, 0.15) is 5.76 Å². The van der Waals surface area contributed by atoms with Crippen molar-refractivity contribution in [3.8, 4) is 0 Å². The van der Waals surface area contributed by atoms with Gasteiger partial charge >= 0.3 is 0 Å². The normalized spacial score (nSPS) is 10.6. The SMILES string of the molecule is CSCc1ccc(C(=O)N(C)Cc2ccc(Br)o2)cc1. The molecule has 20 heavy (non-hydrogen) atoms. The lowest BCUT2D eigenvalue weighted by atomic mass is 10.1. The molecule has 3 nitrogen and oxygen atoms in total. The predicted octanol–water partition coefficient (Wildman–Crippen LogP) is 4.18. The minimum atomic E-state index is -0.00627. The molecule has 1 aromatic heterocycles. The minimum Gasteiger partial charge on any atom is -0.452 e. The van der Waals surface area contributed by atoms with Crippen molar-refractivity contribution in [2.75, 3.05) is 13.3 Å². The molecule has 0 atom stereocenters. The Balaban J connectivity index is 2.02. The van der Waals surface area contributed by atoms with Crippen molar-refractivity contribution in [2.45, 2.75) is 12.3 Å². The first-order chi connectivity index (χ1) is 9.60. The highest BCUT2D eigenvalue weighted by Crippen LogP contribution is 2.17. The van der Waals surface area contributed by atoms with Gasteiger partial charge in [0.15, 0.2) is 4.67 Å². The maximum atomic E-state index is 12.3. The summed E-state index contributed by atoms with van der Waals surface area (Å²) in [6, 6.07) is 11.4. The van der Waals surface area contributed by atoms with Crippen molar-refractivity contribution in [3.63, 3.8) is 0 Å². The average molecular weight is 354 g/mol. The number of carbonyl (C=O) groups excluding carboxylic acids is 1. The molecule has 0 radical (unpaired) electrons. The van der Waals surface area contributed by atoms with Gasteiger partial charge in [0, 0.05) is 18.4 Å². The van der Waals surface area contributed by atoms with Crippen molar-refractivity contribution in [1.29, 1.82) is 0 Å². The fraction of sp³-hybridized carbons (Fsp3) is 0.267. The van der Waals surface area contributed by atoms with E-state index in [0.29, 0.717) is 16.8 Å². The van der Waals surface area contributed by atoms with E-state index in [1.807, 2.05) is 36.4 Å². The van der Waals surface area contributed by atoms with Crippen molar-refractivity contribution < 1.29 is 9.21 Å². The van der Waals surface area contributed by atoms with Gasteiger partial charge in [-0.2, -0.15) is 11.8 Å². The van der Waals surface area contributed by atoms with Crippen LogP contribution in [0.1, 0.15) is 21.7 Å². The van der Waals surface area contributed by atoms with Gasteiger partial charge in [0.2, 0.25) is 0 Å². The summed E-state index contributed by atoms with van der Waals surface area (Å²) < 4.78 is 6.09. The molecule has 0 aliphatic rings. The van der Waals surface area contributed by atoms with Gasteiger partial charge in [-0.05, 0) is 52.0 Å². The number of nitrogens with zero attached hydrogens (tertiary/aromatic N) is 1. The quantitative estimate of drug-likeness (QED) is 0.808. The summed E-state index contributed by atoms with van der Waals surface area (Å²) in [7, 11) is 1.77. The van der Waals surface area contributed by atoms with E-state index in [1.54, 1.807) is 23.7 Å². The molecule has 5 heteroatoms. The molecule has 2 aromatic rings. The van der Waals surface area contributed by atoms with E-state index in [2.05, 4.69) is 22.2 Å². The summed E-state index contributed by atoms with van der Waals surface area (Å²) in [5.74, 6) is 1.71. The maximum Gasteiger partial charge on any atom is 0.254 e. The zero-order valence-corrected chi connectivity index (χ0v) is 13.8. The van der Waals surface area contributed by atoms with Crippen molar-refractivity contribution in [1.82, 2.24) is 4.90 Å². The van der Waals surface area contributed by atoms with Crippen LogP contribution in [0.25, 0.3) is 0 Å². The molecule has 0 bridgehead atoms. The Labute approximate surface area is 131 Å². The average Bonchev–Trinajstić information content (AvgIpc) is 2.84. The van der Waals surface area contributed by atoms with E-state index in [9.17, 15) is 4.79 Å². The molecule has 0 aliphatic heterocycles. The van der Waals surface area contributed by atoms with Gasteiger partial charge in [0.25, 0.3) is 5.91 Å². The summed E-state index contributed by atoms with van der Waals surface area (Å²) in [6.07, 6.45) is 2.06. The molecule has 1 heterocycles. The Morgan fingerprint density at radius 3 is 2.50 bits per heavy atom. The highest BCUT2D eigenvalue weighted by molar-refractivity contribution is 9.10. The molecular formula is C15H16BrNO2S. The van der Waals surface area contributed by atoms with Crippen LogP contribution in [-0.4, -0.2) is 24.1 Å². The molecular weight excluding hydrogens is 338 g/mol. The molecule has 1 aromatic carbocycles. The number of amides is 1. The number of benzene rings is 1. The number of hydrogen-bond acceptors (Lipinski definition) is 3. The van der Waals surface area contributed by atoms with Crippen LogP contribution >= 0.6 is 27.7 Å². The van der Waals surface area contributed by atoms with Crippen LogP contribution in [0.4, 0.5) is 0 Å². The van der Waals surface area contributed by atoms with Gasteiger partial charge < -0.3 is 9.32 Å². The third-order valence-electron chi connectivity index (χ3n) is 2.88. The Morgan fingerprint density at radius 1 is 1.25 bits per heavy atom. The monoisotopic (exact) mass is 353 g/mol. The Bertz CT molecular complexity index is 580. The van der Waals surface area contributed by atoms with Gasteiger partial charge in [0.05, 0.1) is 6.54 Å². The highest BCUT2D eigenvalue weighted by atomic mass is 79.9. The third-order valence-corrected chi connectivity index (χ3v) is 3.93. The van der Waals surface area contributed by atoms with Crippen LogP contribution in [0.2, 0.25) is 0 Å². The van der Waals surface area contributed by atoms with Crippen molar-refractivity contribution in [2.24, 2.45) is 0 Å². The lowest BCUT2D eigenvalue weighted by molar-refractivity contribution is 0.0775. The first kappa shape index (κ1) is 15.2. The van der Waals surface area contributed by atoms with Crippen LogP contribution < -0.4 is 0 Å². The fourth-order valence-corrected chi connectivity index (χ4v) is 2.74. The van der Waals surface area contributed by atoms with Gasteiger partial charge in [-0.15, -0.1) is 0 Å². The highest BCUT2D eigenvalue weighted by Gasteiger charge is 2.13. The standard InChI is InChI=1S/C15H16BrNO2S/c1-17(9-13-7-8-14(16)19-13)15(18)12-5-3-11(4-6-12)10-20-2/h3-8H,9-10H2,1-2H3. The van der Waals surface area contributed by atoms with Gasteiger partial charge in [-0.25, -0.2) is 0 Å². The maximum absolute atomic E-state index is 12.3. The first-order valence-corrected chi connectivity index (χ1v) is 8.36. The zero-order chi connectivity index (χ0) is 14.5. The minimum absolute atomic E-state index is 0.00627. The van der Waals surface area contributed by atoms with E-state index >= 15 is 0 Å². The molecule has 2 rings (SSSR count). The molecule has 1 amide bonds. The van der Waals surface area contributed by atoms with Crippen molar-refractivity contribution >= 4 is 33.6 Å². The number of halogens is 1. The number of hydrogen-bond donors (Lipinski definition) is 0. The second-order valence-electron chi connectivity index (χ2n) is 4.50. The Morgan fingerprint density at radius 2 is 1.95 bits per heavy atom.